The lowest BCUT2D eigenvalue weighted by molar-refractivity contribution is -0.139. The molecule has 2 saturated carbocycles. The van der Waals surface area contributed by atoms with E-state index in [0.29, 0.717) is 6.04 Å². The van der Waals surface area contributed by atoms with Crippen LogP contribution >= 0.6 is 0 Å². The van der Waals surface area contributed by atoms with Crippen LogP contribution in [0.2, 0.25) is 0 Å². The van der Waals surface area contributed by atoms with Gasteiger partial charge in [-0.1, -0.05) is 0 Å². The fourth-order valence-electron chi connectivity index (χ4n) is 2.30. The zero-order chi connectivity index (χ0) is 8.72. The highest BCUT2D eigenvalue weighted by Gasteiger charge is 2.48. The summed E-state index contributed by atoms with van der Waals surface area (Å²) in [5.41, 5.74) is 0. The first-order valence-corrected chi connectivity index (χ1v) is 4.67. The number of aliphatic carboxylic acids is 1. The molecule has 0 heterocycles. The van der Waals surface area contributed by atoms with Gasteiger partial charge in [-0.05, 0) is 38.0 Å². The lowest BCUT2D eigenvalue weighted by Crippen LogP contribution is -2.41. The van der Waals surface area contributed by atoms with Gasteiger partial charge in [-0.25, -0.2) is 0 Å². The second-order valence-corrected chi connectivity index (χ2v) is 4.07. The summed E-state index contributed by atoms with van der Waals surface area (Å²) in [7, 11) is 0. The maximum atomic E-state index is 10.5. The zero-order valence-corrected chi connectivity index (χ0v) is 7.29. The fourth-order valence-corrected chi connectivity index (χ4v) is 2.30. The average Bonchev–Trinajstić information content (AvgIpc) is 2.70. The predicted molar refractivity (Wildman–Crippen MR) is 44.9 cm³/mol. The second-order valence-electron chi connectivity index (χ2n) is 4.07. The van der Waals surface area contributed by atoms with Gasteiger partial charge < -0.3 is 10.4 Å². The van der Waals surface area contributed by atoms with Crippen molar-refractivity contribution in [2.75, 3.05) is 0 Å². The van der Waals surface area contributed by atoms with Crippen LogP contribution in [0.5, 0.6) is 0 Å². The Hall–Kier alpha value is -0.570. The van der Waals surface area contributed by atoms with E-state index < -0.39 is 5.97 Å². The highest BCUT2D eigenvalue weighted by atomic mass is 16.4. The number of carboxylic acid groups (broad SMARTS) is 1. The number of carboxylic acids is 1. The summed E-state index contributed by atoms with van der Waals surface area (Å²) >= 11 is 0. The number of carbonyl (C=O) groups is 1. The molecule has 4 unspecified atom stereocenters. The van der Waals surface area contributed by atoms with Gasteiger partial charge in [0.1, 0.15) is 6.04 Å². The number of nitrogens with one attached hydrogen (secondary N) is 1. The standard InChI is InChI=1S/C9H15NO2/c1-5(9(11)12)10-8-3-2-6-4-7(6)8/h5-8,10H,2-4H2,1H3,(H,11,12). The third kappa shape index (κ3) is 1.33. The van der Waals surface area contributed by atoms with Crippen LogP contribution in [0.15, 0.2) is 0 Å². The van der Waals surface area contributed by atoms with Crippen molar-refractivity contribution < 1.29 is 9.90 Å². The summed E-state index contributed by atoms with van der Waals surface area (Å²) in [5, 5.41) is 11.8. The molecular formula is C9H15NO2. The number of hydrogen-bond acceptors (Lipinski definition) is 2. The van der Waals surface area contributed by atoms with E-state index in [9.17, 15) is 4.79 Å². The lowest BCUT2D eigenvalue weighted by atomic mass is 10.1. The molecule has 68 valence electrons. The van der Waals surface area contributed by atoms with Gasteiger partial charge in [-0.2, -0.15) is 0 Å². The van der Waals surface area contributed by atoms with Crippen molar-refractivity contribution >= 4 is 5.97 Å². The molecule has 0 saturated heterocycles. The lowest BCUT2D eigenvalue weighted by Gasteiger charge is -2.17. The Morgan fingerprint density at radius 3 is 2.75 bits per heavy atom. The maximum Gasteiger partial charge on any atom is 0.320 e. The summed E-state index contributed by atoms with van der Waals surface area (Å²) < 4.78 is 0. The van der Waals surface area contributed by atoms with E-state index in [4.69, 9.17) is 5.11 Å². The molecule has 0 bridgehead atoms. The van der Waals surface area contributed by atoms with Crippen LogP contribution in [0.1, 0.15) is 26.2 Å². The molecule has 2 rings (SSSR count). The molecule has 0 aromatic rings. The van der Waals surface area contributed by atoms with Crippen molar-refractivity contribution in [3.63, 3.8) is 0 Å². The van der Waals surface area contributed by atoms with E-state index in [2.05, 4.69) is 5.32 Å². The predicted octanol–water partition coefficient (Wildman–Crippen LogP) is 0.848. The molecule has 0 aromatic heterocycles. The Labute approximate surface area is 72.2 Å². The molecule has 2 aliphatic carbocycles. The Morgan fingerprint density at radius 2 is 2.33 bits per heavy atom. The molecule has 0 aliphatic heterocycles. The van der Waals surface area contributed by atoms with E-state index in [0.717, 1.165) is 11.8 Å². The maximum absolute atomic E-state index is 10.5. The summed E-state index contributed by atoms with van der Waals surface area (Å²) in [6.45, 7) is 1.72. The zero-order valence-electron chi connectivity index (χ0n) is 7.29. The van der Waals surface area contributed by atoms with Crippen LogP contribution in [-0.2, 0) is 4.79 Å². The largest absolute Gasteiger partial charge is 0.480 e. The minimum absolute atomic E-state index is 0.380. The molecule has 0 spiro atoms. The Bertz CT molecular complexity index is 205. The highest BCUT2D eigenvalue weighted by Crippen LogP contribution is 2.51. The Morgan fingerprint density at radius 1 is 1.58 bits per heavy atom. The molecule has 0 radical (unpaired) electrons. The van der Waals surface area contributed by atoms with Gasteiger partial charge in [0.15, 0.2) is 0 Å². The monoisotopic (exact) mass is 169 g/mol. The third-order valence-electron chi connectivity index (χ3n) is 3.18. The molecule has 3 heteroatoms. The van der Waals surface area contributed by atoms with Crippen molar-refractivity contribution in [3.05, 3.63) is 0 Å². The topological polar surface area (TPSA) is 49.3 Å². The number of hydrogen-bond donors (Lipinski definition) is 2. The van der Waals surface area contributed by atoms with Gasteiger partial charge in [-0.15, -0.1) is 0 Å². The number of rotatable bonds is 3. The molecule has 4 atom stereocenters. The molecule has 0 amide bonds. The first-order chi connectivity index (χ1) is 5.68. The van der Waals surface area contributed by atoms with Gasteiger partial charge in [0.05, 0.1) is 0 Å². The van der Waals surface area contributed by atoms with Gasteiger partial charge in [-0.3, -0.25) is 4.79 Å². The summed E-state index contributed by atoms with van der Waals surface area (Å²) in [6.07, 6.45) is 3.80. The van der Waals surface area contributed by atoms with Gasteiger partial charge in [0, 0.05) is 6.04 Å². The van der Waals surface area contributed by atoms with Crippen molar-refractivity contribution in [2.24, 2.45) is 11.8 Å². The van der Waals surface area contributed by atoms with E-state index in [1.807, 2.05) is 0 Å². The van der Waals surface area contributed by atoms with Crippen LogP contribution in [0.25, 0.3) is 0 Å². The minimum Gasteiger partial charge on any atom is -0.480 e. The minimum atomic E-state index is -0.737. The van der Waals surface area contributed by atoms with Crippen LogP contribution in [0.3, 0.4) is 0 Å². The van der Waals surface area contributed by atoms with Crippen molar-refractivity contribution in [3.8, 4) is 0 Å². The molecule has 12 heavy (non-hydrogen) atoms. The first-order valence-electron chi connectivity index (χ1n) is 4.67. The molecule has 0 aromatic carbocycles. The number of fused-ring (bicyclic) bond motifs is 1. The van der Waals surface area contributed by atoms with Crippen molar-refractivity contribution in [2.45, 2.75) is 38.3 Å². The second kappa shape index (κ2) is 2.73. The van der Waals surface area contributed by atoms with E-state index in [1.54, 1.807) is 6.92 Å². The first kappa shape index (κ1) is 8.05. The van der Waals surface area contributed by atoms with Crippen LogP contribution in [-0.4, -0.2) is 23.2 Å². The normalized spacial score (nSPS) is 40.6. The smallest absolute Gasteiger partial charge is 0.320 e. The summed E-state index contributed by atoms with van der Waals surface area (Å²) in [5.74, 6) is 0.981. The Kier molecular flexibility index (Phi) is 1.83. The molecule has 2 aliphatic rings. The van der Waals surface area contributed by atoms with Crippen molar-refractivity contribution in [1.82, 2.24) is 5.32 Å². The quantitative estimate of drug-likeness (QED) is 0.658. The summed E-state index contributed by atoms with van der Waals surface area (Å²) in [6, 6.07) is 0.107. The van der Waals surface area contributed by atoms with Crippen molar-refractivity contribution in [1.29, 1.82) is 0 Å². The Balaban J connectivity index is 1.82. The van der Waals surface area contributed by atoms with Crippen LogP contribution < -0.4 is 5.32 Å². The SMILES string of the molecule is CC(NC1CCC2CC21)C(=O)O. The van der Waals surface area contributed by atoms with E-state index in [1.165, 1.54) is 19.3 Å². The fraction of sp³-hybridized carbons (Fsp3) is 0.889. The van der Waals surface area contributed by atoms with E-state index in [-0.39, 0.29) is 6.04 Å². The average molecular weight is 169 g/mol. The van der Waals surface area contributed by atoms with E-state index >= 15 is 0 Å². The molecule has 2 fully saturated rings. The van der Waals surface area contributed by atoms with Crippen LogP contribution in [0, 0.1) is 11.8 Å². The van der Waals surface area contributed by atoms with Crippen LogP contribution in [0.4, 0.5) is 0 Å². The molecule has 2 N–H and O–H groups in total. The van der Waals surface area contributed by atoms with Gasteiger partial charge in [0.2, 0.25) is 0 Å². The molecular weight excluding hydrogens is 154 g/mol. The highest BCUT2D eigenvalue weighted by molar-refractivity contribution is 5.72. The van der Waals surface area contributed by atoms with Gasteiger partial charge >= 0.3 is 5.97 Å². The molecule has 3 nitrogen and oxygen atoms in total. The third-order valence-corrected chi connectivity index (χ3v) is 3.18. The summed E-state index contributed by atoms with van der Waals surface area (Å²) in [4.78, 5) is 10.5. The van der Waals surface area contributed by atoms with Gasteiger partial charge in [0.25, 0.3) is 0 Å².